The molecule has 0 aliphatic heterocycles. The van der Waals surface area contributed by atoms with Crippen molar-refractivity contribution in [1.29, 1.82) is 5.26 Å². The highest BCUT2D eigenvalue weighted by molar-refractivity contribution is 6.31. The van der Waals surface area contributed by atoms with Crippen LogP contribution in [0.2, 0.25) is 5.02 Å². The van der Waals surface area contributed by atoms with Gasteiger partial charge in [-0.1, -0.05) is 11.6 Å². The molecule has 0 saturated heterocycles. The van der Waals surface area contributed by atoms with E-state index >= 15 is 0 Å². The molecule has 1 aromatic carbocycles. The van der Waals surface area contributed by atoms with Crippen LogP contribution >= 0.6 is 11.6 Å². The van der Waals surface area contributed by atoms with Gasteiger partial charge in [-0.3, -0.25) is 10.1 Å². The van der Waals surface area contributed by atoms with E-state index in [1.807, 2.05) is 6.07 Å². The third-order valence-electron chi connectivity index (χ3n) is 3.26. The minimum absolute atomic E-state index is 0.00334. The number of carbonyl (C=O) groups is 1. The molecular weight excluding hydrogens is 324 g/mol. The monoisotopic (exact) mass is 334 g/mol. The van der Waals surface area contributed by atoms with E-state index in [0.29, 0.717) is 5.56 Å². The Morgan fingerprint density at radius 1 is 1.52 bits per heavy atom. The summed E-state index contributed by atoms with van der Waals surface area (Å²) in [4.78, 5) is 22.7. The van der Waals surface area contributed by atoms with Crippen LogP contribution in [0.1, 0.15) is 21.6 Å². The molecule has 0 atom stereocenters. The molecule has 118 valence electrons. The van der Waals surface area contributed by atoms with E-state index in [-0.39, 0.29) is 33.3 Å². The fraction of sp³-hybridized carbons (Fsp3) is 0.143. The number of methoxy groups -OCH3 is 1. The van der Waals surface area contributed by atoms with Gasteiger partial charge in [-0.2, -0.15) is 5.26 Å². The van der Waals surface area contributed by atoms with Gasteiger partial charge < -0.3 is 15.0 Å². The molecule has 8 nitrogen and oxygen atoms in total. The highest BCUT2D eigenvalue weighted by atomic mass is 35.5. The Balaban J connectivity index is 2.87. The molecule has 9 heteroatoms. The molecule has 0 bridgehead atoms. The highest BCUT2D eigenvalue weighted by Gasteiger charge is 2.26. The number of aryl methyl sites for hydroxylation is 1. The number of aromatic nitrogens is 1. The van der Waals surface area contributed by atoms with Gasteiger partial charge in [-0.25, -0.2) is 4.79 Å². The van der Waals surface area contributed by atoms with Crippen LogP contribution in [-0.2, 0) is 4.74 Å². The van der Waals surface area contributed by atoms with E-state index in [1.54, 1.807) is 6.92 Å². The van der Waals surface area contributed by atoms with Crippen LogP contribution in [0.25, 0.3) is 5.69 Å². The third-order valence-corrected chi connectivity index (χ3v) is 3.66. The Hall–Kier alpha value is -3.05. The van der Waals surface area contributed by atoms with Crippen molar-refractivity contribution >= 4 is 28.9 Å². The predicted molar refractivity (Wildman–Crippen MR) is 82.6 cm³/mol. The van der Waals surface area contributed by atoms with Crippen LogP contribution in [0.5, 0.6) is 0 Å². The van der Waals surface area contributed by atoms with Gasteiger partial charge >= 0.3 is 5.97 Å². The fourth-order valence-electron chi connectivity index (χ4n) is 2.10. The summed E-state index contributed by atoms with van der Waals surface area (Å²) in [5.41, 5.74) is 5.71. The van der Waals surface area contributed by atoms with E-state index in [9.17, 15) is 14.9 Å². The number of nitrogen functional groups attached to an aromatic ring is 1. The lowest BCUT2D eigenvalue weighted by atomic mass is 10.2. The average molecular weight is 335 g/mol. The predicted octanol–water partition coefficient (Wildman–Crippen LogP) is 2.59. The minimum atomic E-state index is -0.824. The number of ether oxygens (including phenoxy) is 1. The van der Waals surface area contributed by atoms with E-state index in [1.165, 1.54) is 18.3 Å². The summed E-state index contributed by atoms with van der Waals surface area (Å²) in [6, 6.07) is 4.44. The zero-order valence-corrected chi connectivity index (χ0v) is 12.9. The Morgan fingerprint density at radius 3 is 2.70 bits per heavy atom. The quantitative estimate of drug-likeness (QED) is 0.522. The second kappa shape index (κ2) is 5.98. The molecule has 2 rings (SSSR count). The number of esters is 1. The number of hydrogen-bond donors (Lipinski definition) is 1. The van der Waals surface area contributed by atoms with Crippen molar-refractivity contribution in [2.24, 2.45) is 0 Å². The topological polar surface area (TPSA) is 124 Å². The molecule has 0 saturated carbocycles. The van der Waals surface area contributed by atoms with Crippen molar-refractivity contribution in [1.82, 2.24) is 4.57 Å². The summed E-state index contributed by atoms with van der Waals surface area (Å²) < 4.78 is 5.78. The number of anilines is 1. The summed E-state index contributed by atoms with van der Waals surface area (Å²) in [6.07, 6.45) is 1.23. The van der Waals surface area contributed by atoms with Crippen LogP contribution < -0.4 is 5.73 Å². The van der Waals surface area contributed by atoms with Crippen molar-refractivity contribution in [3.63, 3.8) is 0 Å². The first-order chi connectivity index (χ1) is 10.8. The van der Waals surface area contributed by atoms with Gasteiger partial charge in [0, 0.05) is 17.3 Å². The standard InChI is InChI=1S/C14H11ClN4O4/c1-7-3-11(19(21)22)10(4-9(7)15)18-6-8(5-16)12(17)13(18)14(20)23-2/h3-4,6H,17H2,1-2H3. The lowest BCUT2D eigenvalue weighted by Gasteiger charge is -2.10. The molecule has 0 aliphatic rings. The first-order valence-electron chi connectivity index (χ1n) is 6.26. The first-order valence-corrected chi connectivity index (χ1v) is 6.63. The normalized spacial score (nSPS) is 10.2. The van der Waals surface area contributed by atoms with E-state index in [2.05, 4.69) is 4.74 Å². The average Bonchev–Trinajstić information content (AvgIpc) is 2.85. The number of benzene rings is 1. The zero-order valence-electron chi connectivity index (χ0n) is 12.2. The molecule has 0 amide bonds. The maximum Gasteiger partial charge on any atom is 0.357 e. The molecule has 1 aromatic heterocycles. The third kappa shape index (κ3) is 2.69. The SMILES string of the molecule is COC(=O)c1c(N)c(C#N)cn1-c1cc(Cl)c(C)cc1[N+](=O)[O-]. The van der Waals surface area contributed by atoms with Crippen molar-refractivity contribution in [2.45, 2.75) is 6.92 Å². The number of nitro groups is 1. The number of halogens is 1. The molecule has 1 heterocycles. The molecule has 0 fully saturated rings. The largest absolute Gasteiger partial charge is 0.464 e. The zero-order chi connectivity index (χ0) is 17.3. The number of nitro benzene ring substituents is 1. The van der Waals surface area contributed by atoms with Crippen molar-refractivity contribution < 1.29 is 14.5 Å². The summed E-state index contributed by atoms with van der Waals surface area (Å²) in [6.45, 7) is 1.62. The number of rotatable bonds is 3. The van der Waals surface area contributed by atoms with Crippen LogP contribution in [0.4, 0.5) is 11.4 Å². The molecule has 0 spiro atoms. The number of hydrogen-bond acceptors (Lipinski definition) is 6. The number of carbonyl (C=O) groups excluding carboxylic acids is 1. The maximum atomic E-state index is 12.0. The van der Waals surface area contributed by atoms with Crippen LogP contribution in [0.15, 0.2) is 18.3 Å². The molecule has 0 aliphatic carbocycles. The lowest BCUT2D eigenvalue weighted by molar-refractivity contribution is -0.384. The van der Waals surface area contributed by atoms with E-state index < -0.39 is 10.9 Å². The fourth-order valence-corrected chi connectivity index (χ4v) is 2.26. The van der Waals surface area contributed by atoms with Gasteiger partial charge in [-0.15, -0.1) is 0 Å². The van der Waals surface area contributed by atoms with Crippen molar-refractivity contribution in [2.75, 3.05) is 12.8 Å². The Kier molecular flexibility index (Phi) is 4.24. The summed E-state index contributed by atoms with van der Waals surface area (Å²) in [5, 5.41) is 20.7. The number of nitriles is 1. The van der Waals surface area contributed by atoms with Crippen LogP contribution in [0, 0.1) is 28.4 Å². The minimum Gasteiger partial charge on any atom is -0.464 e. The molecule has 2 aromatic rings. The van der Waals surface area contributed by atoms with Gasteiger partial charge in [0.15, 0.2) is 5.69 Å². The number of nitrogens with two attached hydrogens (primary N) is 1. The van der Waals surface area contributed by atoms with Gasteiger partial charge in [0.25, 0.3) is 5.69 Å². The second-order valence-corrected chi connectivity index (χ2v) is 5.03. The first kappa shape index (κ1) is 16.3. The molecular formula is C14H11ClN4O4. The molecule has 0 radical (unpaired) electrons. The van der Waals surface area contributed by atoms with Crippen molar-refractivity contribution in [3.05, 3.63) is 50.3 Å². The smallest absolute Gasteiger partial charge is 0.357 e. The summed E-state index contributed by atoms with van der Waals surface area (Å²) in [5.74, 6) is -0.824. The van der Waals surface area contributed by atoms with Crippen LogP contribution in [-0.4, -0.2) is 22.6 Å². The van der Waals surface area contributed by atoms with E-state index in [4.69, 9.17) is 22.6 Å². The summed E-state index contributed by atoms with van der Waals surface area (Å²) >= 11 is 6.04. The van der Waals surface area contributed by atoms with Crippen LogP contribution in [0.3, 0.4) is 0 Å². The van der Waals surface area contributed by atoms with Crippen molar-refractivity contribution in [3.8, 4) is 11.8 Å². The maximum absolute atomic E-state index is 12.0. The van der Waals surface area contributed by atoms with Gasteiger partial charge in [0.2, 0.25) is 0 Å². The Bertz CT molecular complexity index is 867. The van der Waals surface area contributed by atoms with E-state index in [0.717, 1.165) is 11.7 Å². The Morgan fingerprint density at radius 2 is 2.17 bits per heavy atom. The van der Waals surface area contributed by atoms with Gasteiger partial charge in [-0.05, 0) is 18.6 Å². The highest BCUT2D eigenvalue weighted by Crippen LogP contribution is 2.33. The molecule has 0 unspecified atom stereocenters. The lowest BCUT2D eigenvalue weighted by Crippen LogP contribution is -2.12. The molecule has 2 N–H and O–H groups in total. The number of nitrogens with zero attached hydrogens (tertiary/aromatic N) is 3. The van der Waals surface area contributed by atoms with Gasteiger partial charge in [0.1, 0.15) is 11.8 Å². The second-order valence-electron chi connectivity index (χ2n) is 4.63. The summed E-state index contributed by atoms with van der Waals surface area (Å²) in [7, 11) is 1.14. The van der Waals surface area contributed by atoms with Gasteiger partial charge in [0.05, 0.1) is 23.3 Å². The Labute approximate surface area is 135 Å². The molecule has 23 heavy (non-hydrogen) atoms.